The molecular weight excluding hydrogens is 292 g/mol. The third-order valence-electron chi connectivity index (χ3n) is 3.69. The highest BCUT2D eigenvalue weighted by Gasteiger charge is 2.34. The Labute approximate surface area is 126 Å². The number of aliphatic carboxylic acids is 3. The van der Waals surface area contributed by atoms with Gasteiger partial charge in [-0.1, -0.05) is 0 Å². The fourth-order valence-corrected chi connectivity index (χ4v) is 2.57. The van der Waals surface area contributed by atoms with Gasteiger partial charge in [-0.05, 0) is 11.6 Å². The van der Waals surface area contributed by atoms with Gasteiger partial charge in [0.2, 0.25) is 6.04 Å². The third-order valence-corrected chi connectivity index (χ3v) is 3.69. The lowest BCUT2D eigenvalue weighted by molar-refractivity contribution is -0.527. The van der Waals surface area contributed by atoms with Crippen molar-refractivity contribution in [3.05, 3.63) is 23.4 Å². The van der Waals surface area contributed by atoms with Crippen LogP contribution in [0.1, 0.15) is 19.3 Å². The maximum absolute atomic E-state index is 11.1. The molecule has 2 heterocycles. The first-order chi connectivity index (χ1) is 10.4. The molecule has 0 aromatic heterocycles. The fourth-order valence-electron chi connectivity index (χ4n) is 2.57. The van der Waals surface area contributed by atoms with Crippen molar-refractivity contribution in [3.8, 4) is 0 Å². The Hall–Kier alpha value is -2.64. The molecule has 0 aliphatic carbocycles. The first-order valence-electron chi connectivity index (χ1n) is 6.85. The molecule has 0 unspecified atom stereocenters. The van der Waals surface area contributed by atoms with E-state index in [0.717, 1.165) is 6.42 Å². The second-order valence-electron chi connectivity index (χ2n) is 5.23. The van der Waals surface area contributed by atoms with E-state index in [-0.39, 0.29) is 12.1 Å². The Bertz CT molecular complexity index is 604. The lowest BCUT2D eigenvalue weighted by atomic mass is 10.00. The van der Waals surface area contributed by atoms with Crippen molar-refractivity contribution >= 4 is 24.1 Å². The van der Waals surface area contributed by atoms with Crippen molar-refractivity contribution in [2.75, 3.05) is 6.54 Å². The van der Waals surface area contributed by atoms with Gasteiger partial charge in [0, 0.05) is 25.3 Å². The molecule has 2 rings (SSSR count). The maximum atomic E-state index is 11.1. The highest BCUT2D eigenvalue weighted by molar-refractivity contribution is 5.89. The minimum Gasteiger partial charge on any atom is -0.480 e. The molecule has 2 atom stereocenters. The standard InChI is InChI=1S/C14H16N2O6/c17-12(18)9-6-8(7-10(15-9)13(19)20)3-5-16-4-1-2-11(16)14(21)22/h3,5-6,10-11H,1-2,4,7H2,(H3,17,18,19,20,21,22)/p+1/t10-,11+/m0/s1. The number of hydrogen-bond donors (Lipinski definition) is 4. The van der Waals surface area contributed by atoms with Crippen LogP contribution in [0.3, 0.4) is 0 Å². The monoisotopic (exact) mass is 309 g/mol. The van der Waals surface area contributed by atoms with Crippen molar-refractivity contribution < 1.29 is 34.3 Å². The summed E-state index contributed by atoms with van der Waals surface area (Å²) >= 11 is 0. The number of allylic oxidation sites excluding steroid dienone is 2. The first kappa shape index (κ1) is 15.7. The van der Waals surface area contributed by atoms with Gasteiger partial charge in [-0.15, -0.1) is 0 Å². The van der Waals surface area contributed by atoms with E-state index < -0.39 is 30.0 Å². The number of carbonyl (C=O) groups is 3. The first-order valence-corrected chi connectivity index (χ1v) is 6.85. The summed E-state index contributed by atoms with van der Waals surface area (Å²) in [5.74, 6) is -3.27. The maximum Gasteiger partial charge on any atom is 0.372 e. The van der Waals surface area contributed by atoms with Crippen LogP contribution in [0.5, 0.6) is 0 Å². The average Bonchev–Trinajstić information content (AvgIpc) is 2.93. The van der Waals surface area contributed by atoms with E-state index in [1.165, 1.54) is 6.08 Å². The van der Waals surface area contributed by atoms with Crippen LogP contribution in [-0.2, 0) is 14.4 Å². The zero-order valence-corrected chi connectivity index (χ0v) is 11.7. The number of nitrogens with zero attached hydrogens (tertiary/aromatic N) is 1. The van der Waals surface area contributed by atoms with Crippen molar-refractivity contribution in [1.82, 2.24) is 5.32 Å². The van der Waals surface area contributed by atoms with Crippen molar-refractivity contribution in [2.24, 2.45) is 0 Å². The Morgan fingerprint density at radius 3 is 2.55 bits per heavy atom. The molecule has 0 spiro atoms. The molecule has 22 heavy (non-hydrogen) atoms. The van der Waals surface area contributed by atoms with E-state index in [9.17, 15) is 14.4 Å². The molecular formula is C14H17N2O6+. The molecule has 2 aliphatic rings. The number of hydrogen-bond acceptors (Lipinski definition) is 4. The molecule has 0 amide bonds. The summed E-state index contributed by atoms with van der Waals surface area (Å²) in [5, 5.41) is 29.6. The molecule has 0 saturated carbocycles. The predicted octanol–water partition coefficient (Wildman–Crippen LogP) is -0.342. The van der Waals surface area contributed by atoms with E-state index >= 15 is 0 Å². The smallest absolute Gasteiger partial charge is 0.372 e. The summed E-state index contributed by atoms with van der Waals surface area (Å²) in [6, 6.07) is -1.60. The lowest BCUT2D eigenvalue weighted by Crippen LogP contribution is -2.41. The topological polar surface area (TPSA) is 127 Å². The van der Waals surface area contributed by atoms with Crippen LogP contribution in [0, 0.1) is 0 Å². The molecule has 8 nitrogen and oxygen atoms in total. The van der Waals surface area contributed by atoms with Crippen molar-refractivity contribution in [1.29, 1.82) is 0 Å². The summed E-state index contributed by atoms with van der Waals surface area (Å²) in [6.07, 6.45) is 6.01. The normalized spacial score (nSPS) is 28.3. The quantitative estimate of drug-likeness (QED) is 0.523. The van der Waals surface area contributed by atoms with E-state index in [4.69, 9.17) is 15.3 Å². The van der Waals surface area contributed by atoms with Gasteiger partial charge in [0.25, 0.3) is 0 Å². The molecule has 0 aromatic rings. The number of carboxylic acid groups (broad SMARTS) is 3. The minimum atomic E-state index is -1.23. The number of rotatable bonds is 4. The summed E-state index contributed by atoms with van der Waals surface area (Å²) in [4.78, 5) is 33.2. The average molecular weight is 309 g/mol. The van der Waals surface area contributed by atoms with Gasteiger partial charge < -0.3 is 20.6 Å². The van der Waals surface area contributed by atoms with Crippen molar-refractivity contribution in [3.63, 3.8) is 0 Å². The Balaban J connectivity index is 2.25. The molecule has 0 aromatic carbocycles. The molecule has 2 aliphatic heterocycles. The summed E-state index contributed by atoms with van der Waals surface area (Å²) in [7, 11) is 0. The second kappa shape index (κ2) is 6.42. The van der Waals surface area contributed by atoms with Gasteiger partial charge >= 0.3 is 17.9 Å². The molecule has 4 N–H and O–H groups in total. The van der Waals surface area contributed by atoms with Crippen LogP contribution >= 0.6 is 0 Å². The van der Waals surface area contributed by atoms with E-state index in [2.05, 4.69) is 5.32 Å². The summed E-state index contributed by atoms with van der Waals surface area (Å²) in [6.45, 7) is 0.608. The molecule has 8 heteroatoms. The molecule has 0 bridgehead atoms. The minimum absolute atomic E-state index is 0.133. The van der Waals surface area contributed by atoms with Crippen LogP contribution < -0.4 is 5.32 Å². The zero-order valence-electron chi connectivity index (χ0n) is 11.7. The highest BCUT2D eigenvalue weighted by atomic mass is 16.4. The van der Waals surface area contributed by atoms with E-state index in [1.807, 2.05) is 0 Å². The van der Waals surface area contributed by atoms with Gasteiger partial charge in [-0.3, -0.25) is 0 Å². The summed E-state index contributed by atoms with van der Waals surface area (Å²) < 4.78 is 1.67. The van der Waals surface area contributed by atoms with Crippen LogP contribution in [0.4, 0.5) is 0 Å². The second-order valence-corrected chi connectivity index (χ2v) is 5.23. The largest absolute Gasteiger partial charge is 0.480 e. The molecule has 1 fully saturated rings. The Morgan fingerprint density at radius 1 is 1.23 bits per heavy atom. The lowest BCUT2D eigenvalue weighted by Gasteiger charge is -2.21. The Morgan fingerprint density at radius 2 is 1.95 bits per heavy atom. The van der Waals surface area contributed by atoms with E-state index in [0.29, 0.717) is 18.5 Å². The van der Waals surface area contributed by atoms with Crippen LogP contribution in [0.2, 0.25) is 0 Å². The highest BCUT2D eigenvalue weighted by Crippen LogP contribution is 2.17. The van der Waals surface area contributed by atoms with Gasteiger partial charge in [0.15, 0.2) is 6.21 Å². The van der Waals surface area contributed by atoms with Gasteiger partial charge in [0.05, 0.1) is 0 Å². The fraction of sp³-hybridized carbons (Fsp3) is 0.429. The predicted molar refractivity (Wildman–Crippen MR) is 74.8 cm³/mol. The van der Waals surface area contributed by atoms with Crippen LogP contribution in [0.25, 0.3) is 0 Å². The number of nitrogens with one attached hydrogen (secondary N) is 1. The Kier molecular flexibility index (Phi) is 4.59. The van der Waals surface area contributed by atoms with Gasteiger partial charge in [-0.25, -0.2) is 19.0 Å². The zero-order chi connectivity index (χ0) is 16.3. The molecule has 1 saturated heterocycles. The summed E-state index contributed by atoms with van der Waals surface area (Å²) in [5.41, 5.74) is 0.342. The number of carboxylic acids is 3. The van der Waals surface area contributed by atoms with E-state index in [1.54, 1.807) is 16.9 Å². The SMILES string of the molecule is O=C(O)C1=C/C(=C\C=[N+]2CCC[C@@H]2C(=O)O)C[C@@H](C(=O)O)N1. The van der Waals surface area contributed by atoms with Crippen LogP contribution in [0.15, 0.2) is 23.4 Å². The van der Waals surface area contributed by atoms with Crippen molar-refractivity contribution in [2.45, 2.75) is 31.3 Å². The van der Waals surface area contributed by atoms with Gasteiger partial charge in [-0.2, -0.15) is 0 Å². The molecule has 0 radical (unpaired) electrons. The van der Waals surface area contributed by atoms with Crippen LogP contribution in [-0.4, -0.2) is 62.6 Å². The van der Waals surface area contributed by atoms with Gasteiger partial charge in [0.1, 0.15) is 18.3 Å². The molecule has 118 valence electrons. The third kappa shape index (κ3) is 3.51.